The van der Waals surface area contributed by atoms with Crippen LogP contribution < -0.4 is 0 Å². The molecule has 0 heterocycles. The van der Waals surface area contributed by atoms with Crippen molar-refractivity contribution >= 4 is 11.8 Å². The molecule has 1 unspecified atom stereocenters. The quantitative estimate of drug-likeness (QED) is 0.772. The van der Waals surface area contributed by atoms with E-state index in [-0.39, 0.29) is 6.10 Å². The van der Waals surface area contributed by atoms with Crippen LogP contribution in [0.4, 0.5) is 0 Å². The first-order valence-corrected chi connectivity index (χ1v) is 8.50. The van der Waals surface area contributed by atoms with Crippen LogP contribution in [0.1, 0.15) is 36.5 Å². The van der Waals surface area contributed by atoms with Crippen LogP contribution in [0.25, 0.3) is 0 Å². The lowest BCUT2D eigenvalue weighted by Gasteiger charge is -2.12. The highest BCUT2D eigenvalue weighted by atomic mass is 32.2. The predicted octanol–water partition coefficient (Wildman–Crippen LogP) is 4.81. The predicted molar refractivity (Wildman–Crippen MR) is 92.1 cm³/mol. The summed E-state index contributed by atoms with van der Waals surface area (Å²) in [5.74, 6) is 1.29. The Kier molecular flexibility index (Phi) is 5.89. The monoisotopic (exact) mass is 300 g/mol. The van der Waals surface area contributed by atoms with Crippen LogP contribution in [0.2, 0.25) is 0 Å². The van der Waals surface area contributed by atoms with Gasteiger partial charge in [0.1, 0.15) is 0 Å². The lowest BCUT2D eigenvalue weighted by Crippen LogP contribution is -2.13. The van der Waals surface area contributed by atoms with E-state index in [0.717, 1.165) is 12.2 Å². The third-order valence-electron chi connectivity index (χ3n) is 3.64. The zero-order valence-electron chi connectivity index (χ0n) is 13.0. The molecule has 0 fully saturated rings. The minimum atomic E-state index is -0.306. The minimum Gasteiger partial charge on any atom is -0.392 e. The Morgan fingerprint density at radius 1 is 1.00 bits per heavy atom. The number of hydrogen-bond acceptors (Lipinski definition) is 2. The fourth-order valence-corrected chi connectivity index (χ4v) is 3.23. The van der Waals surface area contributed by atoms with E-state index >= 15 is 0 Å². The fourth-order valence-electron chi connectivity index (χ4n) is 2.27. The second-order valence-corrected chi connectivity index (χ2v) is 6.89. The van der Waals surface area contributed by atoms with Crippen LogP contribution in [0.15, 0.2) is 53.4 Å². The normalized spacial score (nSPS) is 12.6. The average Bonchev–Trinajstić information content (AvgIpc) is 2.47. The van der Waals surface area contributed by atoms with Gasteiger partial charge in [0.15, 0.2) is 0 Å². The number of thioether (sulfide) groups is 1. The number of hydrogen-bond donors (Lipinski definition) is 1. The summed E-state index contributed by atoms with van der Waals surface area (Å²) in [5, 5.41) is 10.2. The van der Waals surface area contributed by atoms with E-state index in [0.29, 0.717) is 5.92 Å². The topological polar surface area (TPSA) is 20.2 Å². The van der Waals surface area contributed by atoms with Crippen LogP contribution in [-0.4, -0.2) is 17.0 Å². The summed E-state index contributed by atoms with van der Waals surface area (Å²) in [7, 11) is 0. The zero-order chi connectivity index (χ0) is 15.2. The van der Waals surface area contributed by atoms with Crippen LogP contribution >= 0.6 is 11.8 Å². The van der Waals surface area contributed by atoms with Gasteiger partial charge in [-0.25, -0.2) is 0 Å². The maximum atomic E-state index is 10.2. The van der Waals surface area contributed by atoms with Gasteiger partial charge in [0, 0.05) is 10.6 Å². The first kappa shape index (κ1) is 16.1. The highest BCUT2D eigenvalue weighted by molar-refractivity contribution is 7.99. The van der Waals surface area contributed by atoms with Gasteiger partial charge >= 0.3 is 0 Å². The molecular weight excluding hydrogens is 276 g/mol. The Labute approximate surface area is 132 Å². The van der Waals surface area contributed by atoms with E-state index in [1.165, 1.54) is 21.6 Å². The van der Waals surface area contributed by atoms with E-state index < -0.39 is 0 Å². The smallest absolute Gasteiger partial charge is 0.0674 e. The summed E-state index contributed by atoms with van der Waals surface area (Å²) in [4.78, 5) is 1.26. The lowest BCUT2D eigenvalue weighted by atomic mass is 10.00. The first-order chi connectivity index (χ1) is 10.1. The third kappa shape index (κ3) is 4.90. The number of benzene rings is 2. The van der Waals surface area contributed by atoms with Gasteiger partial charge in [-0.3, -0.25) is 0 Å². The molecule has 21 heavy (non-hydrogen) atoms. The molecular formula is C19H24OS. The molecule has 0 amide bonds. The van der Waals surface area contributed by atoms with Crippen molar-refractivity contribution < 1.29 is 5.11 Å². The maximum Gasteiger partial charge on any atom is 0.0674 e. The molecule has 0 aliphatic rings. The molecule has 2 aromatic rings. The van der Waals surface area contributed by atoms with Crippen molar-refractivity contribution in [1.29, 1.82) is 0 Å². The van der Waals surface area contributed by atoms with Crippen LogP contribution in [0, 0.1) is 6.92 Å². The molecule has 112 valence electrons. The Bertz CT molecular complexity index is 560. The molecule has 1 nitrogen and oxygen atoms in total. The maximum absolute atomic E-state index is 10.2. The van der Waals surface area contributed by atoms with Gasteiger partial charge in [-0.15, -0.1) is 11.8 Å². The standard InChI is InChI=1S/C19H24OS/c1-14(2)17-10-8-16(9-11-17)12-18(20)13-21-19-7-5-4-6-15(19)3/h4-11,14,18,20H,12-13H2,1-3H3. The second kappa shape index (κ2) is 7.67. The summed E-state index contributed by atoms with van der Waals surface area (Å²) < 4.78 is 0. The average molecular weight is 300 g/mol. The van der Waals surface area contributed by atoms with Crippen molar-refractivity contribution in [1.82, 2.24) is 0 Å². The molecule has 2 heteroatoms. The van der Waals surface area contributed by atoms with Gasteiger partial charge in [0.2, 0.25) is 0 Å². The Morgan fingerprint density at radius 2 is 1.67 bits per heavy atom. The number of aryl methyl sites for hydroxylation is 1. The first-order valence-electron chi connectivity index (χ1n) is 7.51. The van der Waals surface area contributed by atoms with Gasteiger partial charge < -0.3 is 5.11 Å². The van der Waals surface area contributed by atoms with Gasteiger partial charge in [-0.05, 0) is 42.0 Å². The largest absolute Gasteiger partial charge is 0.392 e. The Morgan fingerprint density at radius 3 is 2.29 bits per heavy atom. The van der Waals surface area contributed by atoms with E-state index in [9.17, 15) is 5.11 Å². The summed E-state index contributed by atoms with van der Waals surface area (Å²) >= 11 is 1.73. The van der Waals surface area contributed by atoms with Gasteiger partial charge in [0.25, 0.3) is 0 Å². The lowest BCUT2D eigenvalue weighted by molar-refractivity contribution is 0.200. The van der Waals surface area contributed by atoms with Crippen LogP contribution in [0.5, 0.6) is 0 Å². The van der Waals surface area contributed by atoms with Crippen molar-refractivity contribution in [3.05, 3.63) is 65.2 Å². The molecule has 1 atom stereocenters. The summed E-state index contributed by atoms with van der Waals surface area (Å²) in [6.45, 7) is 6.50. The molecule has 0 aromatic heterocycles. The van der Waals surface area contributed by atoms with E-state index in [2.05, 4.69) is 57.2 Å². The van der Waals surface area contributed by atoms with Gasteiger partial charge in [-0.2, -0.15) is 0 Å². The van der Waals surface area contributed by atoms with Crippen LogP contribution in [-0.2, 0) is 6.42 Å². The number of aliphatic hydroxyl groups is 1. The molecule has 0 radical (unpaired) electrons. The molecule has 0 bridgehead atoms. The van der Waals surface area contributed by atoms with Crippen molar-refractivity contribution in [3.63, 3.8) is 0 Å². The van der Waals surface area contributed by atoms with Crippen LogP contribution in [0.3, 0.4) is 0 Å². The molecule has 0 aliphatic carbocycles. The highest BCUT2D eigenvalue weighted by Gasteiger charge is 2.08. The van der Waals surface area contributed by atoms with Gasteiger partial charge in [0.05, 0.1) is 6.10 Å². The molecule has 1 N–H and O–H groups in total. The molecule has 0 saturated heterocycles. The number of aliphatic hydroxyl groups excluding tert-OH is 1. The van der Waals surface area contributed by atoms with E-state index in [1.807, 2.05) is 12.1 Å². The van der Waals surface area contributed by atoms with Crippen molar-refractivity contribution in [2.75, 3.05) is 5.75 Å². The Hall–Kier alpha value is -1.25. The fraction of sp³-hybridized carbons (Fsp3) is 0.368. The van der Waals surface area contributed by atoms with Crippen molar-refractivity contribution in [3.8, 4) is 0 Å². The molecule has 0 saturated carbocycles. The Balaban J connectivity index is 1.87. The number of rotatable bonds is 6. The molecule has 2 aromatic carbocycles. The molecule has 0 spiro atoms. The summed E-state index contributed by atoms with van der Waals surface area (Å²) in [5.41, 5.74) is 3.83. The van der Waals surface area contributed by atoms with Gasteiger partial charge in [-0.1, -0.05) is 56.3 Å². The van der Waals surface area contributed by atoms with E-state index in [4.69, 9.17) is 0 Å². The SMILES string of the molecule is Cc1ccccc1SCC(O)Cc1ccc(C(C)C)cc1. The molecule has 2 rings (SSSR count). The molecule has 0 aliphatic heterocycles. The minimum absolute atomic E-state index is 0.306. The van der Waals surface area contributed by atoms with Crippen molar-refractivity contribution in [2.24, 2.45) is 0 Å². The summed E-state index contributed by atoms with van der Waals surface area (Å²) in [6, 6.07) is 16.9. The zero-order valence-corrected chi connectivity index (χ0v) is 13.9. The highest BCUT2D eigenvalue weighted by Crippen LogP contribution is 2.23. The second-order valence-electron chi connectivity index (χ2n) is 5.83. The third-order valence-corrected chi connectivity index (χ3v) is 4.96. The summed E-state index contributed by atoms with van der Waals surface area (Å²) in [6.07, 6.45) is 0.413. The van der Waals surface area contributed by atoms with E-state index in [1.54, 1.807) is 11.8 Å². The van der Waals surface area contributed by atoms with Crippen molar-refractivity contribution in [2.45, 2.75) is 44.1 Å².